The highest BCUT2D eigenvalue weighted by atomic mass is 79.9. The fraction of sp³-hybridized carbons (Fsp3) is 0.192. The van der Waals surface area contributed by atoms with Crippen LogP contribution in [0.3, 0.4) is 0 Å². The Morgan fingerprint density at radius 2 is 1.85 bits per heavy atom. The molecule has 0 aliphatic rings. The Morgan fingerprint density at radius 1 is 1.12 bits per heavy atom. The van der Waals surface area contributed by atoms with E-state index in [9.17, 15) is 4.79 Å². The molecule has 0 aliphatic carbocycles. The third-order valence-corrected chi connectivity index (χ3v) is 6.15. The van der Waals surface area contributed by atoms with Crippen LogP contribution in [0.5, 0.6) is 5.75 Å². The average Bonchev–Trinajstić information content (AvgIpc) is 3.27. The number of hydrogen-bond donors (Lipinski definition) is 2. The van der Waals surface area contributed by atoms with Crippen LogP contribution in [-0.4, -0.2) is 22.6 Å². The SMILES string of the molecule is CC[C@@H](C)c1ccc2oc(-c3ccc(NC(=S)NC(=O)COc4ccc(Br)cc4)cc3)nc2c1. The maximum atomic E-state index is 12.1. The second kappa shape index (κ2) is 10.8. The summed E-state index contributed by atoms with van der Waals surface area (Å²) in [7, 11) is 0. The highest BCUT2D eigenvalue weighted by Gasteiger charge is 2.12. The lowest BCUT2D eigenvalue weighted by molar-refractivity contribution is -0.121. The van der Waals surface area contributed by atoms with Crippen molar-refractivity contribution in [3.05, 3.63) is 76.8 Å². The van der Waals surface area contributed by atoms with Crippen molar-refractivity contribution >= 4 is 56.0 Å². The van der Waals surface area contributed by atoms with Gasteiger partial charge in [-0.25, -0.2) is 4.98 Å². The van der Waals surface area contributed by atoms with Crippen LogP contribution in [0.4, 0.5) is 5.69 Å². The van der Waals surface area contributed by atoms with Crippen molar-refractivity contribution in [3.8, 4) is 17.2 Å². The van der Waals surface area contributed by atoms with Crippen molar-refractivity contribution in [1.82, 2.24) is 10.3 Å². The molecule has 0 saturated carbocycles. The van der Waals surface area contributed by atoms with Gasteiger partial charge in [0.15, 0.2) is 17.3 Å². The highest BCUT2D eigenvalue weighted by Crippen LogP contribution is 2.28. The summed E-state index contributed by atoms with van der Waals surface area (Å²) in [6, 6.07) is 20.9. The van der Waals surface area contributed by atoms with Crippen LogP contribution in [0.25, 0.3) is 22.6 Å². The van der Waals surface area contributed by atoms with E-state index in [2.05, 4.69) is 57.5 Å². The maximum Gasteiger partial charge on any atom is 0.264 e. The number of oxazole rings is 1. The molecule has 1 amide bonds. The second-order valence-corrected chi connectivity index (χ2v) is 9.20. The number of benzene rings is 3. The highest BCUT2D eigenvalue weighted by molar-refractivity contribution is 9.10. The lowest BCUT2D eigenvalue weighted by atomic mass is 9.98. The van der Waals surface area contributed by atoms with Crippen LogP contribution in [0.1, 0.15) is 31.7 Å². The van der Waals surface area contributed by atoms with Gasteiger partial charge in [0.05, 0.1) is 0 Å². The molecule has 2 N–H and O–H groups in total. The zero-order valence-corrected chi connectivity index (χ0v) is 21.2. The monoisotopic (exact) mass is 537 g/mol. The first-order valence-electron chi connectivity index (χ1n) is 10.9. The molecule has 0 fully saturated rings. The predicted octanol–water partition coefficient (Wildman–Crippen LogP) is 6.66. The van der Waals surface area contributed by atoms with E-state index in [1.165, 1.54) is 5.56 Å². The molecule has 0 bridgehead atoms. The van der Waals surface area contributed by atoms with E-state index in [1.807, 2.05) is 42.5 Å². The molecule has 0 aliphatic heterocycles. The summed E-state index contributed by atoms with van der Waals surface area (Å²) in [5.41, 5.74) is 4.46. The number of nitrogens with one attached hydrogen (secondary N) is 2. The molecule has 34 heavy (non-hydrogen) atoms. The minimum atomic E-state index is -0.347. The first-order valence-corrected chi connectivity index (χ1v) is 12.1. The van der Waals surface area contributed by atoms with E-state index >= 15 is 0 Å². The van der Waals surface area contributed by atoms with Crippen molar-refractivity contribution in [2.24, 2.45) is 0 Å². The summed E-state index contributed by atoms with van der Waals surface area (Å²) < 4.78 is 12.3. The summed E-state index contributed by atoms with van der Waals surface area (Å²) in [6.45, 7) is 4.24. The molecular formula is C26H24BrN3O3S. The summed E-state index contributed by atoms with van der Waals surface area (Å²) in [4.78, 5) is 16.8. The zero-order valence-electron chi connectivity index (χ0n) is 18.8. The molecule has 1 aromatic heterocycles. The molecule has 0 saturated heterocycles. The van der Waals surface area contributed by atoms with Crippen LogP contribution in [-0.2, 0) is 4.79 Å². The number of carbonyl (C=O) groups is 1. The zero-order chi connectivity index (χ0) is 24.1. The van der Waals surface area contributed by atoms with Crippen LogP contribution in [0.15, 0.2) is 75.6 Å². The Balaban J connectivity index is 1.33. The van der Waals surface area contributed by atoms with E-state index < -0.39 is 0 Å². The molecule has 0 unspecified atom stereocenters. The molecule has 3 aromatic carbocycles. The maximum absolute atomic E-state index is 12.1. The van der Waals surface area contributed by atoms with Gasteiger partial charge in [-0.05, 0) is 90.8 Å². The Kier molecular flexibility index (Phi) is 7.59. The second-order valence-electron chi connectivity index (χ2n) is 7.88. The number of fused-ring (bicyclic) bond motifs is 1. The van der Waals surface area contributed by atoms with Gasteiger partial charge in [-0.1, -0.05) is 35.8 Å². The summed E-state index contributed by atoms with van der Waals surface area (Å²) in [5, 5.41) is 5.80. The Morgan fingerprint density at radius 3 is 2.56 bits per heavy atom. The Hall–Kier alpha value is -3.23. The number of amides is 1. The predicted molar refractivity (Wildman–Crippen MR) is 142 cm³/mol. The summed E-state index contributed by atoms with van der Waals surface area (Å²) in [6.07, 6.45) is 1.07. The van der Waals surface area contributed by atoms with Crippen LogP contribution >= 0.6 is 28.1 Å². The first-order chi connectivity index (χ1) is 16.4. The standard InChI is InChI=1S/C26H24BrN3O3S/c1-3-16(2)18-6-13-23-22(14-18)29-25(33-23)17-4-9-20(10-5-17)28-26(34)30-24(31)15-32-21-11-7-19(27)8-12-21/h4-14,16H,3,15H2,1-2H3,(H2,28,30,31,34)/t16-/m1/s1. The Bertz CT molecular complexity index is 1300. The van der Waals surface area contributed by atoms with E-state index in [4.69, 9.17) is 21.4 Å². The summed E-state index contributed by atoms with van der Waals surface area (Å²) >= 11 is 8.59. The quantitative estimate of drug-likeness (QED) is 0.256. The van der Waals surface area contributed by atoms with Gasteiger partial charge in [-0.2, -0.15) is 0 Å². The molecule has 4 rings (SSSR count). The fourth-order valence-corrected chi connectivity index (χ4v) is 3.81. The number of carbonyl (C=O) groups excluding carboxylic acids is 1. The van der Waals surface area contributed by atoms with Gasteiger partial charge in [0.2, 0.25) is 5.89 Å². The van der Waals surface area contributed by atoms with Crippen molar-refractivity contribution in [2.75, 3.05) is 11.9 Å². The normalized spacial score (nSPS) is 11.7. The van der Waals surface area contributed by atoms with Crippen molar-refractivity contribution in [1.29, 1.82) is 0 Å². The van der Waals surface area contributed by atoms with E-state index in [0.29, 0.717) is 17.6 Å². The molecule has 6 nitrogen and oxygen atoms in total. The molecular weight excluding hydrogens is 514 g/mol. The van der Waals surface area contributed by atoms with Crippen molar-refractivity contribution in [2.45, 2.75) is 26.2 Å². The number of rotatable bonds is 7. The van der Waals surface area contributed by atoms with Crippen molar-refractivity contribution in [3.63, 3.8) is 0 Å². The van der Waals surface area contributed by atoms with Gasteiger partial charge in [-0.15, -0.1) is 0 Å². The fourth-order valence-electron chi connectivity index (χ4n) is 3.31. The molecule has 1 heterocycles. The molecule has 1 atom stereocenters. The molecule has 0 spiro atoms. The number of thiocarbonyl (C=S) groups is 1. The third kappa shape index (κ3) is 6.01. The van der Waals surface area contributed by atoms with E-state index in [-0.39, 0.29) is 17.6 Å². The van der Waals surface area contributed by atoms with Gasteiger partial charge in [0.25, 0.3) is 5.91 Å². The van der Waals surface area contributed by atoms with Crippen molar-refractivity contribution < 1.29 is 13.9 Å². The lowest BCUT2D eigenvalue weighted by Crippen LogP contribution is -2.37. The lowest BCUT2D eigenvalue weighted by Gasteiger charge is -2.10. The number of nitrogens with zero attached hydrogens (tertiary/aromatic N) is 1. The number of halogens is 1. The third-order valence-electron chi connectivity index (χ3n) is 5.42. The Labute approximate surface area is 211 Å². The average molecular weight is 538 g/mol. The minimum absolute atomic E-state index is 0.140. The van der Waals surface area contributed by atoms with Gasteiger partial charge < -0.3 is 14.5 Å². The van der Waals surface area contributed by atoms with E-state index in [0.717, 1.165) is 33.2 Å². The van der Waals surface area contributed by atoms with Gasteiger partial charge in [0, 0.05) is 15.7 Å². The van der Waals surface area contributed by atoms with Gasteiger partial charge in [-0.3, -0.25) is 10.1 Å². The number of aromatic nitrogens is 1. The van der Waals surface area contributed by atoms with E-state index in [1.54, 1.807) is 12.1 Å². The van der Waals surface area contributed by atoms with Crippen LogP contribution < -0.4 is 15.4 Å². The largest absolute Gasteiger partial charge is 0.484 e. The van der Waals surface area contributed by atoms with Gasteiger partial charge >= 0.3 is 0 Å². The number of ether oxygens (including phenoxy) is 1. The topological polar surface area (TPSA) is 76.4 Å². The molecule has 8 heteroatoms. The minimum Gasteiger partial charge on any atom is -0.484 e. The first kappa shape index (κ1) is 23.9. The molecule has 4 aromatic rings. The van der Waals surface area contributed by atoms with Crippen LogP contribution in [0, 0.1) is 0 Å². The van der Waals surface area contributed by atoms with Crippen LogP contribution in [0.2, 0.25) is 0 Å². The number of hydrogen-bond acceptors (Lipinski definition) is 5. The smallest absolute Gasteiger partial charge is 0.264 e. The summed E-state index contributed by atoms with van der Waals surface area (Å²) in [5.74, 6) is 1.29. The molecule has 0 radical (unpaired) electrons. The number of anilines is 1. The van der Waals surface area contributed by atoms with Gasteiger partial charge in [0.1, 0.15) is 11.3 Å². The molecule has 174 valence electrons.